The van der Waals surface area contributed by atoms with Gasteiger partial charge in [0.1, 0.15) is 17.2 Å². The first-order chi connectivity index (χ1) is 21.1. The van der Waals surface area contributed by atoms with Crippen LogP contribution in [0.4, 0.5) is 13.2 Å². The van der Waals surface area contributed by atoms with Crippen LogP contribution in [-0.4, -0.2) is 33.0 Å². The van der Waals surface area contributed by atoms with Crippen LogP contribution in [0.25, 0.3) is 16.3 Å². The number of benzene rings is 4. The lowest BCUT2D eigenvalue weighted by Gasteiger charge is -2.39. The number of alkyl halides is 3. The fourth-order valence-electron chi connectivity index (χ4n) is 6.40. The Hall–Kier alpha value is -4.02. The van der Waals surface area contributed by atoms with Crippen molar-refractivity contribution in [3.05, 3.63) is 107 Å². The van der Waals surface area contributed by atoms with Gasteiger partial charge in [-0.05, 0) is 70.9 Å². The monoisotopic (exact) mass is 623 g/mol. The van der Waals surface area contributed by atoms with E-state index < -0.39 is 21.7 Å². The Balaban J connectivity index is 1.62. The highest BCUT2D eigenvalue weighted by atomic mass is 32.2. The Bertz CT molecular complexity index is 1840. The van der Waals surface area contributed by atoms with E-state index in [1.165, 1.54) is 11.6 Å². The Morgan fingerprint density at radius 3 is 2.36 bits per heavy atom. The molecule has 1 aliphatic carbocycles. The maximum atomic E-state index is 13.6. The summed E-state index contributed by atoms with van der Waals surface area (Å²) in [5.41, 5.74) is -0.437. The quantitative estimate of drug-likeness (QED) is 0.146. The molecule has 0 fully saturated rings. The summed E-state index contributed by atoms with van der Waals surface area (Å²) in [7, 11) is -2.80. The second-order valence-electron chi connectivity index (χ2n) is 11.0. The lowest BCUT2D eigenvalue weighted by atomic mass is 9.81. The van der Waals surface area contributed by atoms with Crippen LogP contribution in [0, 0.1) is 0 Å². The van der Waals surface area contributed by atoms with Crippen molar-refractivity contribution < 1.29 is 35.2 Å². The van der Waals surface area contributed by atoms with Gasteiger partial charge in [0.05, 0.1) is 20.3 Å². The standard InChI is InChI=1S/C34H32F3NO5S/c1-41-26-16-13-25(30(19-26)42-2)20-38-21-28-27(22-9-5-3-6-10-22)17-14-23-15-18-29(43-44(39,40)34(35,36)37)32(31(23)28)33(38)24-11-7-4-8-12-24/h4,7-9,11-19,33H,3,5-6,10,20-21H2,1-2H3. The number of ether oxygens (including phenoxy) is 2. The van der Waals surface area contributed by atoms with Crippen molar-refractivity contribution in [2.75, 3.05) is 14.2 Å². The number of allylic oxidation sites excluding steroid dienone is 2. The third kappa shape index (κ3) is 5.52. The van der Waals surface area contributed by atoms with Gasteiger partial charge in [0.25, 0.3) is 0 Å². The second kappa shape index (κ2) is 11.8. The number of hydrogen-bond donors (Lipinski definition) is 0. The third-order valence-corrected chi connectivity index (χ3v) is 9.36. The Morgan fingerprint density at radius 2 is 1.68 bits per heavy atom. The SMILES string of the molecule is COc1ccc(CN2Cc3c(C4=CCCCC4)ccc4ccc(OS(=O)(=O)C(F)(F)F)c(c34)C2c2ccccc2)c(OC)c1. The summed E-state index contributed by atoms with van der Waals surface area (Å²) in [4.78, 5) is 2.14. The summed E-state index contributed by atoms with van der Waals surface area (Å²) in [6.07, 6.45) is 6.22. The molecule has 1 aliphatic heterocycles. The Kier molecular flexibility index (Phi) is 8.06. The van der Waals surface area contributed by atoms with Gasteiger partial charge in [0.15, 0.2) is 0 Å². The number of hydrogen-bond acceptors (Lipinski definition) is 6. The molecule has 0 N–H and O–H groups in total. The van der Waals surface area contributed by atoms with Gasteiger partial charge < -0.3 is 13.7 Å². The highest BCUT2D eigenvalue weighted by molar-refractivity contribution is 7.88. The van der Waals surface area contributed by atoms with E-state index in [1.54, 1.807) is 26.4 Å². The molecule has 0 bridgehead atoms. The normalized spacial score (nSPS) is 17.3. The molecule has 1 unspecified atom stereocenters. The highest BCUT2D eigenvalue weighted by Gasteiger charge is 2.49. The van der Waals surface area contributed by atoms with Crippen molar-refractivity contribution in [1.29, 1.82) is 0 Å². The molecule has 6 nitrogen and oxygen atoms in total. The van der Waals surface area contributed by atoms with Crippen LogP contribution in [-0.2, 0) is 23.2 Å². The molecule has 10 heteroatoms. The van der Waals surface area contributed by atoms with Gasteiger partial charge in [-0.1, -0.05) is 60.7 Å². The predicted molar refractivity (Wildman–Crippen MR) is 163 cm³/mol. The lowest BCUT2D eigenvalue weighted by Crippen LogP contribution is -2.34. The summed E-state index contributed by atoms with van der Waals surface area (Å²) in [6.45, 7) is 0.808. The minimum absolute atomic E-state index is 0.342. The molecule has 1 heterocycles. The van der Waals surface area contributed by atoms with Crippen LogP contribution in [0.1, 0.15) is 59.5 Å². The third-order valence-electron chi connectivity index (χ3n) is 8.40. The van der Waals surface area contributed by atoms with Crippen molar-refractivity contribution in [1.82, 2.24) is 4.90 Å². The van der Waals surface area contributed by atoms with Crippen molar-refractivity contribution in [3.8, 4) is 17.2 Å². The van der Waals surface area contributed by atoms with Gasteiger partial charge in [-0.2, -0.15) is 21.6 Å². The van der Waals surface area contributed by atoms with Crippen LogP contribution < -0.4 is 13.7 Å². The smallest absolute Gasteiger partial charge is 0.497 e. The zero-order valence-electron chi connectivity index (χ0n) is 24.4. The lowest BCUT2D eigenvalue weighted by molar-refractivity contribution is -0.0500. The van der Waals surface area contributed by atoms with Crippen molar-refractivity contribution in [3.63, 3.8) is 0 Å². The molecule has 4 aromatic carbocycles. The fraction of sp³-hybridized carbons (Fsp3) is 0.294. The highest BCUT2D eigenvalue weighted by Crippen LogP contribution is 2.49. The molecule has 0 aromatic heterocycles. The average Bonchev–Trinajstić information content (AvgIpc) is 3.02. The molecule has 0 amide bonds. The molecule has 0 spiro atoms. The second-order valence-corrected chi connectivity index (χ2v) is 12.6. The number of methoxy groups -OCH3 is 2. The van der Waals surface area contributed by atoms with E-state index >= 15 is 0 Å². The van der Waals surface area contributed by atoms with Gasteiger partial charge in [-0.3, -0.25) is 4.90 Å². The van der Waals surface area contributed by atoms with E-state index in [2.05, 4.69) is 17.0 Å². The maximum absolute atomic E-state index is 13.6. The first kappa shape index (κ1) is 30.0. The van der Waals surface area contributed by atoms with Gasteiger partial charge in [-0.25, -0.2) is 0 Å². The van der Waals surface area contributed by atoms with Gasteiger partial charge in [0.2, 0.25) is 0 Å². The van der Waals surface area contributed by atoms with Crippen LogP contribution in [0.15, 0.2) is 78.9 Å². The molecule has 0 saturated carbocycles. The number of nitrogens with zero attached hydrogens (tertiary/aromatic N) is 1. The van der Waals surface area contributed by atoms with E-state index in [0.717, 1.165) is 58.7 Å². The number of rotatable bonds is 8. The van der Waals surface area contributed by atoms with E-state index in [-0.39, 0.29) is 5.75 Å². The van der Waals surface area contributed by atoms with Crippen molar-refractivity contribution >= 4 is 26.5 Å². The minimum atomic E-state index is -5.94. The zero-order chi connectivity index (χ0) is 31.1. The van der Waals surface area contributed by atoms with Crippen molar-refractivity contribution in [2.45, 2.75) is 50.3 Å². The van der Waals surface area contributed by atoms with Crippen LogP contribution in [0.2, 0.25) is 0 Å². The molecule has 1 atom stereocenters. The topological polar surface area (TPSA) is 65.1 Å². The van der Waals surface area contributed by atoms with Crippen molar-refractivity contribution in [2.24, 2.45) is 0 Å². The average molecular weight is 624 g/mol. The van der Waals surface area contributed by atoms with Gasteiger partial charge in [-0.15, -0.1) is 0 Å². The Labute approximate surface area is 254 Å². The van der Waals surface area contributed by atoms with Crippen LogP contribution in [0.3, 0.4) is 0 Å². The van der Waals surface area contributed by atoms with E-state index in [1.807, 2.05) is 48.5 Å². The first-order valence-corrected chi connectivity index (χ1v) is 15.8. The molecule has 44 heavy (non-hydrogen) atoms. The number of halogens is 3. The summed E-state index contributed by atoms with van der Waals surface area (Å²) in [5.74, 6) is 0.879. The largest absolute Gasteiger partial charge is 0.534 e. The first-order valence-electron chi connectivity index (χ1n) is 14.4. The summed E-state index contributed by atoms with van der Waals surface area (Å²) in [5, 5.41) is 1.52. The summed E-state index contributed by atoms with van der Waals surface area (Å²) < 4.78 is 81.8. The van der Waals surface area contributed by atoms with E-state index in [0.29, 0.717) is 30.2 Å². The molecule has 0 radical (unpaired) electrons. The predicted octanol–water partition coefficient (Wildman–Crippen LogP) is 8.15. The molecule has 4 aromatic rings. The molecular weight excluding hydrogens is 591 g/mol. The minimum Gasteiger partial charge on any atom is -0.497 e. The summed E-state index contributed by atoms with van der Waals surface area (Å²) >= 11 is 0. The summed E-state index contributed by atoms with van der Waals surface area (Å²) in [6, 6.07) is 21.2. The maximum Gasteiger partial charge on any atom is 0.534 e. The molecule has 0 saturated heterocycles. The van der Waals surface area contributed by atoms with Crippen LogP contribution in [0.5, 0.6) is 17.2 Å². The van der Waals surface area contributed by atoms with Crippen LogP contribution >= 0.6 is 0 Å². The van der Waals surface area contributed by atoms with E-state index in [9.17, 15) is 21.6 Å². The fourth-order valence-corrected chi connectivity index (χ4v) is 6.87. The zero-order valence-corrected chi connectivity index (χ0v) is 25.2. The molecule has 6 rings (SSSR count). The molecule has 230 valence electrons. The molecule has 2 aliphatic rings. The van der Waals surface area contributed by atoms with E-state index in [4.69, 9.17) is 13.7 Å². The van der Waals surface area contributed by atoms with Gasteiger partial charge >= 0.3 is 15.6 Å². The molecular formula is C34H32F3NO5S. The Morgan fingerprint density at radius 1 is 0.909 bits per heavy atom. The van der Waals surface area contributed by atoms with Gasteiger partial charge in [0, 0.05) is 30.3 Å².